The molecular weight excluding hydrogens is 331 g/mol. The predicted molar refractivity (Wildman–Crippen MR) is 111 cm³/mol. The van der Waals surface area contributed by atoms with E-state index < -0.39 is 0 Å². The number of rotatable bonds is 1. The Morgan fingerprint density at radius 2 is 1.59 bits per heavy atom. The summed E-state index contributed by atoms with van der Waals surface area (Å²) >= 11 is 0. The molecule has 0 N–H and O–H groups in total. The molecule has 0 heterocycles. The van der Waals surface area contributed by atoms with Crippen molar-refractivity contribution in [3.63, 3.8) is 0 Å². The number of hydrogen-bond donors (Lipinski definition) is 0. The summed E-state index contributed by atoms with van der Waals surface area (Å²) in [6, 6.07) is 18.0. The third kappa shape index (κ3) is 3.91. The molecule has 136 valence electrons. The molecule has 0 amide bonds. The minimum Gasteiger partial charge on any atom is -0.205 e. The van der Waals surface area contributed by atoms with Crippen LogP contribution in [-0.4, -0.2) is 0 Å². The molecule has 0 atom stereocenters. The summed E-state index contributed by atoms with van der Waals surface area (Å²) in [4.78, 5) is 0. The summed E-state index contributed by atoms with van der Waals surface area (Å²) in [5.41, 5.74) is 3.94. The maximum Gasteiger partial charge on any atom is 0.146 e. The van der Waals surface area contributed by atoms with Crippen LogP contribution >= 0.6 is 0 Å². The van der Waals surface area contributed by atoms with Crippen LogP contribution in [0.25, 0.3) is 10.8 Å². The van der Waals surface area contributed by atoms with Gasteiger partial charge in [-0.15, -0.1) is 0 Å². The van der Waals surface area contributed by atoms with E-state index >= 15 is 0 Å². The van der Waals surface area contributed by atoms with Gasteiger partial charge in [0.15, 0.2) is 0 Å². The molecule has 27 heavy (non-hydrogen) atoms. The number of aryl methyl sites for hydroxylation is 1. The summed E-state index contributed by atoms with van der Waals surface area (Å²) in [5.74, 6) is 7.46. The first-order valence-electron chi connectivity index (χ1n) is 9.91. The SMILES string of the molecule is Cc1ccc2c(F)c(C#Cc3ccc(C4CCC(C)CC4)cc3)ccc2c1. The van der Waals surface area contributed by atoms with Crippen LogP contribution in [0.4, 0.5) is 4.39 Å². The van der Waals surface area contributed by atoms with Crippen molar-refractivity contribution in [1.29, 1.82) is 0 Å². The first-order chi connectivity index (χ1) is 13.1. The van der Waals surface area contributed by atoms with Gasteiger partial charge in [-0.25, -0.2) is 4.39 Å². The van der Waals surface area contributed by atoms with E-state index in [2.05, 4.69) is 43.0 Å². The summed E-state index contributed by atoms with van der Waals surface area (Å²) in [6.07, 6.45) is 5.22. The predicted octanol–water partition coefficient (Wildman–Crippen LogP) is 6.98. The first kappa shape index (κ1) is 17.8. The molecule has 0 aliphatic heterocycles. The molecular formula is C26H25F. The Hall–Kier alpha value is -2.59. The fraction of sp³-hybridized carbons (Fsp3) is 0.308. The molecule has 0 radical (unpaired) electrons. The Kier molecular flexibility index (Phi) is 4.99. The van der Waals surface area contributed by atoms with E-state index in [0.29, 0.717) is 16.9 Å². The van der Waals surface area contributed by atoms with Crippen LogP contribution in [0, 0.1) is 30.5 Å². The van der Waals surface area contributed by atoms with Crippen molar-refractivity contribution in [2.75, 3.05) is 0 Å². The molecule has 0 saturated heterocycles. The van der Waals surface area contributed by atoms with Crippen LogP contribution < -0.4 is 0 Å². The van der Waals surface area contributed by atoms with Gasteiger partial charge in [0, 0.05) is 10.9 Å². The van der Waals surface area contributed by atoms with E-state index in [0.717, 1.165) is 22.4 Å². The highest BCUT2D eigenvalue weighted by atomic mass is 19.1. The Morgan fingerprint density at radius 3 is 2.33 bits per heavy atom. The maximum atomic E-state index is 14.7. The third-order valence-electron chi connectivity index (χ3n) is 5.85. The summed E-state index contributed by atoms with van der Waals surface area (Å²) in [7, 11) is 0. The van der Waals surface area contributed by atoms with E-state index in [9.17, 15) is 4.39 Å². The lowest BCUT2D eigenvalue weighted by atomic mass is 9.79. The third-order valence-corrected chi connectivity index (χ3v) is 5.85. The van der Waals surface area contributed by atoms with Crippen molar-refractivity contribution < 1.29 is 4.39 Å². The Morgan fingerprint density at radius 1 is 0.852 bits per heavy atom. The zero-order valence-corrected chi connectivity index (χ0v) is 16.1. The smallest absolute Gasteiger partial charge is 0.146 e. The van der Waals surface area contributed by atoms with Crippen molar-refractivity contribution >= 4 is 10.8 Å². The zero-order chi connectivity index (χ0) is 18.8. The van der Waals surface area contributed by atoms with Crippen LogP contribution in [0.15, 0.2) is 54.6 Å². The summed E-state index contributed by atoms with van der Waals surface area (Å²) < 4.78 is 14.7. The van der Waals surface area contributed by atoms with Gasteiger partial charge in [0.25, 0.3) is 0 Å². The van der Waals surface area contributed by atoms with Gasteiger partial charge in [0.1, 0.15) is 5.82 Å². The maximum absolute atomic E-state index is 14.7. The number of benzene rings is 3. The van der Waals surface area contributed by atoms with Crippen molar-refractivity contribution in [3.05, 3.63) is 82.7 Å². The van der Waals surface area contributed by atoms with Gasteiger partial charge in [-0.1, -0.05) is 73.6 Å². The average Bonchev–Trinajstić information content (AvgIpc) is 2.68. The molecule has 0 unspecified atom stereocenters. The summed E-state index contributed by atoms with van der Waals surface area (Å²) in [5, 5.41) is 1.55. The molecule has 1 heteroatoms. The second kappa shape index (κ2) is 7.57. The quantitative estimate of drug-likeness (QED) is 0.413. The van der Waals surface area contributed by atoms with Crippen molar-refractivity contribution in [2.45, 2.75) is 45.4 Å². The van der Waals surface area contributed by atoms with Crippen molar-refractivity contribution in [1.82, 2.24) is 0 Å². The molecule has 0 aromatic heterocycles. The van der Waals surface area contributed by atoms with Crippen LogP contribution in [0.3, 0.4) is 0 Å². The zero-order valence-electron chi connectivity index (χ0n) is 16.1. The van der Waals surface area contributed by atoms with E-state index in [1.807, 2.05) is 31.2 Å². The first-order valence-corrected chi connectivity index (χ1v) is 9.91. The minimum atomic E-state index is -0.229. The molecule has 1 aliphatic rings. The van der Waals surface area contributed by atoms with Gasteiger partial charge in [-0.2, -0.15) is 0 Å². The van der Waals surface area contributed by atoms with Crippen LogP contribution in [0.1, 0.15) is 60.8 Å². The highest BCUT2D eigenvalue weighted by molar-refractivity contribution is 5.85. The molecule has 0 nitrogen and oxygen atoms in total. The Balaban J connectivity index is 1.55. The standard InChI is InChI=1S/C26H25F/c1-18-3-9-21(10-4-18)22-11-6-20(7-12-22)8-13-23-14-15-24-17-19(2)5-16-25(24)26(23)27/h5-7,11-12,14-18,21H,3-4,9-10H2,1-2H3. The fourth-order valence-electron chi connectivity index (χ4n) is 4.08. The normalized spacial score (nSPS) is 19.5. The molecule has 3 aromatic carbocycles. The molecule has 0 bridgehead atoms. The molecule has 1 aliphatic carbocycles. The van der Waals surface area contributed by atoms with Gasteiger partial charge < -0.3 is 0 Å². The lowest BCUT2D eigenvalue weighted by Crippen LogP contribution is -2.10. The topological polar surface area (TPSA) is 0 Å². The lowest BCUT2D eigenvalue weighted by molar-refractivity contribution is 0.348. The van der Waals surface area contributed by atoms with Gasteiger partial charge in [0.2, 0.25) is 0 Å². The van der Waals surface area contributed by atoms with E-state index in [4.69, 9.17) is 0 Å². The molecule has 1 fully saturated rings. The Labute approximate surface area is 161 Å². The minimum absolute atomic E-state index is 0.229. The highest BCUT2D eigenvalue weighted by Gasteiger charge is 2.19. The Bertz CT molecular complexity index is 1010. The van der Waals surface area contributed by atoms with Crippen molar-refractivity contribution in [3.8, 4) is 11.8 Å². The van der Waals surface area contributed by atoms with Gasteiger partial charge in [-0.3, -0.25) is 0 Å². The van der Waals surface area contributed by atoms with E-state index in [1.165, 1.54) is 31.2 Å². The van der Waals surface area contributed by atoms with Crippen LogP contribution in [0.2, 0.25) is 0 Å². The van der Waals surface area contributed by atoms with Gasteiger partial charge in [-0.05, 0) is 60.7 Å². The number of hydrogen-bond acceptors (Lipinski definition) is 0. The van der Waals surface area contributed by atoms with Crippen LogP contribution in [0.5, 0.6) is 0 Å². The molecule has 1 saturated carbocycles. The van der Waals surface area contributed by atoms with Crippen molar-refractivity contribution in [2.24, 2.45) is 5.92 Å². The fourth-order valence-corrected chi connectivity index (χ4v) is 4.08. The molecule has 0 spiro atoms. The average molecular weight is 356 g/mol. The molecule has 4 rings (SSSR count). The van der Waals surface area contributed by atoms with Crippen LogP contribution in [-0.2, 0) is 0 Å². The van der Waals surface area contributed by atoms with Gasteiger partial charge in [0.05, 0.1) is 5.56 Å². The summed E-state index contributed by atoms with van der Waals surface area (Å²) in [6.45, 7) is 4.37. The lowest BCUT2D eigenvalue weighted by Gasteiger charge is -2.26. The highest BCUT2D eigenvalue weighted by Crippen LogP contribution is 2.35. The largest absolute Gasteiger partial charge is 0.205 e. The molecule has 3 aromatic rings. The number of halogens is 1. The number of fused-ring (bicyclic) bond motifs is 1. The monoisotopic (exact) mass is 356 g/mol. The van der Waals surface area contributed by atoms with E-state index in [1.54, 1.807) is 6.07 Å². The second-order valence-corrected chi connectivity index (χ2v) is 7.98. The second-order valence-electron chi connectivity index (χ2n) is 7.98. The van der Waals surface area contributed by atoms with E-state index in [-0.39, 0.29) is 5.82 Å². The van der Waals surface area contributed by atoms with Gasteiger partial charge >= 0.3 is 0 Å².